The van der Waals surface area contributed by atoms with Crippen molar-refractivity contribution in [2.75, 3.05) is 13.2 Å². The summed E-state index contributed by atoms with van der Waals surface area (Å²) in [5.41, 5.74) is 0.690. The van der Waals surface area contributed by atoms with Crippen LogP contribution in [0.15, 0.2) is 36.4 Å². The largest absolute Gasteiger partial charge is 0.478 e. The van der Waals surface area contributed by atoms with E-state index in [9.17, 15) is 14.7 Å². The van der Waals surface area contributed by atoms with E-state index in [0.29, 0.717) is 29.3 Å². The van der Waals surface area contributed by atoms with Crippen LogP contribution in [0.4, 0.5) is 0 Å². The van der Waals surface area contributed by atoms with E-state index in [1.54, 1.807) is 18.2 Å². The average molecular weight is 344 g/mol. The molecule has 1 heterocycles. The Labute approximate surface area is 138 Å². The fourth-order valence-electron chi connectivity index (χ4n) is 1.93. The van der Waals surface area contributed by atoms with Crippen molar-refractivity contribution in [2.24, 2.45) is 0 Å². The molecule has 2 atom stereocenters. The summed E-state index contributed by atoms with van der Waals surface area (Å²) in [6.07, 6.45) is 1.12. The molecule has 8 heteroatoms. The van der Waals surface area contributed by atoms with Gasteiger partial charge in [-0.25, -0.2) is 9.59 Å². The van der Waals surface area contributed by atoms with Gasteiger partial charge in [-0.15, -0.1) is 0 Å². The highest BCUT2D eigenvalue weighted by Gasteiger charge is 2.39. The Kier molecular flexibility index (Phi) is 7.18. The Morgan fingerprint density at radius 1 is 1.35 bits per heavy atom. The molecule has 1 aliphatic rings. The summed E-state index contributed by atoms with van der Waals surface area (Å²) in [5, 5.41) is 29.8. The molecule has 0 amide bonds. The molecule has 2 unspecified atom stereocenters. The summed E-state index contributed by atoms with van der Waals surface area (Å²) < 4.78 is 5.45. The number of halogens is 1. The number of morpholine rings is 1. The number of aliphatic hydroxyl groups is 1. The molecule has 1 aromatic carbocycles. The van der Waals surface area contributed by atoms with Gasteiger partial charge in [0.05, 0.1) is 12.6 Å². The zero-order valence-corrected chi connectivity index (χ0v) is 13.2. The minimum Gasteiger partial charge on any atom is -0.478 e. The van der Waals surface area contributed by atoms with E-state index in [-0.39, 0.29) is 6.04 Å². The first-order valence-corrected chi connectivity index (χ1v) is 7.13. The number of carbonyl (C=O) groups is 2. The van der Waals surface area contributed by atoms with Gasteiger partial charge in [-0.05, 0) is 19.1 Å². The molecule has 0 aromatic heterocycles. The highest BCUT2D eigenvalue weighted by atomic mass is 35.5. The van der Waals surface area contributed by atoms with Gasteiger partial charge < -0.3 is 25.4 Å². The fourth-order valence-corrected chi connectivity index (χ4v) is 2.12. The molecule has 0 bridgehead atoms. The smallest absolute Gasteiger partial charge is 0.328 e. The molecule has 1 fully saturated rings. The van der Waals surface area contributed by atoms with Gasteiger partial charge in [-0.1, -0.05) is 23.7 Å². The van der Waals surface area contributed by atoms with Crippen molar-refractivity contribution in [2.45, 2.75) is 18.8 Å². The van der Waals surface area contributed by atoms with Crippen LogP contribution in [0.1, 0.15) is 12.5 Å². The Morgan fingerprint density at radius 3 is 2.43 bits per heavy atom. The molecule has 2 rings (SSSR count). The van der Waals surface area contributed by atoms with Crippen molar-refractivity contribution in [3.63, 3.8) is 0 Å². The summed E-state index contributed by atoms with van der Waals surface area (Å²) in [7, 11) is 0. The number of hydrogen-bond acceptors (Lipinski definition) is 5. The standard InChI is InChI=1S/C11H14ClNO2.C4H4O4/c1-8-11(14,15-6-5-13-8)9-3-2-4-10(12)7-9;5-3(6)1-2-4(7)8/h2-4,7-8,13-14H,5-6H2,1H3;1-2H,(H,5,6)(H,7,8). The summed E-state index contributed by atoms with van der Waals surface area (Å²) in [5.74, 6) is -3.79. The monoisotopic (exact) mass is 343 g/mol. The minimum absolute atomic E-state index is 0.148. The molecule has 0 radical (unpaired) electrons. The van der Waals surface area contributed by atoms with Crippen molar-refractivity contribution in [1.82, 2.24) is 5.32 Å². The van der Waals surface area contributed by atoms with Gasteiger partial charge in [-0.2, -0.15) is 0 Å². The molecule has 1 aliphatic heterocycles. The number of rotatable bonds is 3. The molecule has 1 aromatic rings. The molecule has 4 N–H and O–H groups in total. The molecular formula is C15H18ClNO6. The van der Waals surface area contributed by atoms with Crippen LogP contribution in [0.3, 0.4) is 0 Å². The summed E-state index contributed by atoms with van der Waals surface area (Å²) >= 11 is 5.89. The molecule has 7 nitrogen and oxygen atoms in total. The molecule has 0 saturated carbocycles. The Morgan fingerprint density at radius 2 is 1.96 bits per heavy atom. The van der Waals surface area contributed by atoms with Gasteiger partial charge in [0.1, 0.15) is 0 Å². The van der Waals surface area contributed by atoms with Crippen LogP contribution in [-0.4, -0.2) is 46.5 Å². The second-order valence-electron chi connectivity index (χ2n) is 4.74. The van der Waals surface area contributed by atoms with E-state index in [1.807, 2.05) is 13.0 Å². The number of ether oxygens (including phenoxy) is 1. The van der Waals surface area contributed by atoms with Crippen LogP contribution < -0.4 is 5.32 Å². The maximum Gasteiger partial charge on any atom is 0.328 e. The molecule has 0 aliphatic carbocycles. The topological polar surface area (TPSA) is 116 Å². The Balaban J connectivity index is 0.000000284. The molecule has 23 heavy (non-hydrogen) atoms. The third-order valence-electron chi connectivity index (χ3n) is 3.07. The fraction of sp³-hybridized carbons (Fsp3) is 0.333. The van der Waals surface area contributed by atoms with Crippen molar-refractivity contribution < 1.29 is 29.6 Å². The lowest BCUT2D eigenvalue weighted by Crippen LogP contribution is -2.54. The molecule has 126 valence electrons. The maximum absolute atomic E-state index is 10.4. The predicted molar refractivity (Wildman–Crippen MR) is 83.2 cm³/mol. The maximum atomic E-state index is 10.4. The van der Waals surface area contributed by atoms with Gasteiger partial charge in [-0.3, -0.25) is 0 Å². The van der Waals surface area contributed by atoms with Gasteiger partial charge in [0, 0.05) is 29.3 Å². The first-order valence-electron chi connectivity index (χ1n) is 6.75. The van der Waals surface area contributed by atoms with Crippen molar-refractivity contribution >= 4 is 23.5 Å². The zero-order chi connectivity index (χ0) is 17.5. The van der Waals surface area contributed by atoms with Gasteiger partial charge >= 0.3 is 11.9 Å². The van der Waals surface area contributed by atoms with Crippen LogP contribution in [-0.2, 0) is 20.1 Å². The van der Waals surface area contributed by atoms with E-state index < -0.39 is 17.7 Å². The lowest BCUT2D eigenvalue weighted by molar-refractivity contribution is -0.245. The first-order chi connectivity index (χ1) is 10.8. The lowest BCUT2D eigenvalue weighted by Gasteiger charge is -2.38. The Hall–Kier alpha value is -1.93. The van der Waals surface area contributed by atoms with Crippen LogP contribution in [0, 0.1) is 0 Å². The number of carboxylic acid groups (broad SMARTS) is 2. The van der Waals surface area contributed by atoms with Crippen LogP contribution in [0.2, 0.25) is 5.02 Å². The number of nitrogens with one attached hydrogen (secondary N) is 1. The summed E-state index contributed by atoms with van der Waals surface area (Å²) in [4.78, 5) is 19.1. The number of hydrogen-bond donors (Lipinski definition) is 4. The normalized spacial score (nSPS) is 23.9. The second kappa shape index (κ2) is 8.64. The van der Waals surface area contributed by atoms with E-state index in [0.717, 1.165) is 6.54 Å². The zero-order valence-electron chi connectivity index (χ0n) is 12.4. The van der Waals surface area contributed by atoms with Crippen LogP contribution in [0.5, 0.6) is 0 Å². The van der Waals surface area contributed by atoms with Crippen molar-refractivity contribution in [3.05, 3.63) is 47.0 Å². The predicted octanol–water partition coefficient (Wildman–Crippen LogP) is 1.21. The molecule has 0 spiro atoms. The lowest BCUT2D eigenvalue weighted by atomic mass is 9.98. The van der Waals surface area contributed by atoms with Gasteiger partial charge in [0.2, 0.25) is 5.79 Å². The second-order valence-corrected chi connectivity index (χ2v) is 5.18. The highest BCUT2D eigenvalue weighted by molar-refractivity contribution is 6.30. The van der Waals surface area contributed by atoms with E-state index >= 15 is 0 Å². The third kappa shape index (κ3) is 5.99. The summed E-state index contributed by atoms with van der Waals surface area (Å²) in [6, 6.07) is 6.97. The van der Waals surface area contributed by atoms with E-state index in [2.05, 4.69) is 5.32 Å². The number of carboxylic acids is 2. The minimum atomic E-state index is -1.27. The van der Waals surface area contributed by atoms with Crippen molar-refractivity contribution in [3.8, 4) is 0 Å². The van der Waals surface area contributed by atoms with Gasteiger partial charge in [0.15, 0.2) is 0 Å². The van der Waals surface area contributed by atoms with E-state index in [4.69, 9.17) is 26.6 Å². The van der Waals surface area contributed by atoms with Crippen LogP contribution in [0.25, 0.3) is 0 Å². The average Bonchev–Trinajstić information content (AvgIpc) is 2.49. The molecular weight excluding hydrogens is 326 g/mol. The third-order valence-corrected chi connectivity index (χ3v) is 3.30. The number of aliphatic carboxylic acids is 2. The van der Waals surface area contributed by atoms with Crippen LogP contribution >= 0.6 is 11.6 Å². The highest BCUT2D eigenvalue weighted by Crippen LogP contribution is 2.30. The first kappa shape index (κ1) is 19.1. The molecule has 1 saturated heterocycles. The van der Waals surface area contributed by atoms with Crippen molar-refractivity contribution in [1.29, 1.82) is 0 Å². The van der Waals surface area contributed by atoms with E-state index in [1.165, 1.54) is 0 Å². The SMILES string of the molecule is CC1NCCOC1(O)c1cccc(Cl)c1.O=C(O)C=CC(=O)O. The van der Waals surface area contributed by atoms with Gasteiger partial charge in [0.25, 0.3) is 0 Å². The quantitative estimate of drug-likeness (QED) is 0.609. The summed E-state index contributed by atoms with van der Waals surface area (Å²) in [6.45, 7) is 3.14. The Bertz CT molecular complexity index is 575. The number of benzene rings is 1.